The Hall–Kier alpha value is -1.29. The zero-order chi connectivity index (χ0) is 17.1. The first-order chi connectivity index (χ1) is 11.8. The monoisotopic (exact) mass is 349 g/mol. The molecule has 0 atom stereocenters. The number of ether oxygens (including phenoxy) is 2. The molecular formula is C19H26O4P+. The van der Waals surface area contributed by atoms with Crippen LogP contribution in [0.15, 0.2) is 60.7 Å². The Morgan fingerprint density at radius 2 is 1.17 bits per heavy atom. The third kappa shape index (κ3) is 5.66. The van der Waals surface area contributed by atoms with Crippen molar-refractivity contribution in [2.75, 3.05) is 46.3 Å². The van der Waals surface area contributed by atoms with Crippen LogP contribution < -0.4 is 10.6 Å². The van der Waals surface area contributed by atoms with E-state index in [2.05, 4.69) is 55.2 Å². The van der Waals surface area contributed by atoms with Gasteiger partial charge >= 0.3 is 0 Å². The van der Waals surface area contributed by atoms with Crippen LogP contribution in [-0.4, -0.2) is 51.4 Å². The van der Waals surface area contributed by atoms with E-state index in [0.29, 0.717) is 33.0 Å². The minimum absolute atomic E-state index is 0.0418. The number of rotatable bonds is 11. The normalized spacial score (nSPS) is 11.6. The van der Waals surface area contributed by atoms with Gasteiger partial charge in [-0.25, -0.2) is 4.52 Å². The van der Waals surface area contributed by atoms with Gasteiger partial charge in [-0.15, -0.1) is 0 Å². The summed E-state index contributed by atoms with van der Waals surface area (Å²) in [5, 5.41) is 11.1. The molecule has 0 aromatic heterocycles. The minimum Gasteiger partial charge on any atom is -0.394 e. The first kappa shape index (κ1) is 19.0. The number of hydrogen-bond donors (Lipinski definition) is 1. The number of aliphatic hydroxyl groups is 1. The fraction of sp³-hybridized carbons (Fsp3) is 0.368. The Kier molecular flexibility index (Phi) is 8.37. The highest BCUT2D eigenvalue weighted by molar-refractivity contribution is 7.84. The van der Waals surface area contributed by atoms with E-state index < -0.39 is 7.49 Å². The number of benzene rings is 2. The topological polar surface area (TPSA) is 47.9 Å². The lowest BCUT2D eigenvalue weighted by molar-refractivity contribution is 0.0256. The van der Waals surface area contributed by atoms with E-state index in [-0.39, 0.29) is 6.61 Å². The largest absolute Gasteiger partial charge is 0.394 e. The molecule has 2 aromatic rings. The molecule has 0 aliphatic rings. The van der Waals surface area contributed by atoms with Gasteiger partial charge in [0.05, 0.1) is 39.7 Å². The molecule has 0 spiro atoms. The van der Waals surface area contributed by atoms with Gasteiger partial charge in [0.2, 0.25) is 7.49 Å². The van der Waals surface area contributed by atoms with Crippen LogP contribution in [0.25, 0.3) is 0 Å². The number of aliphatic hydroxyl groups excluding tert-OH is 1. The van der Waals surface area contributed by atoms with Crippen LogP contribution in [-0.2, 0) is 14.0 Å². The second kappa shape index (κ2) is 10.5. The van der Waals surface area contributed by atoms with E-state index in [4.69, 9.17) is 19.1 Å². The van der Waals surface area contributed by atoms with Gasteiger partial charge in [-0.2, -0.15) is 0 Å². The van der Waals surface area contributed by atoms with E-state index in [9.17, 15) is 0 Å². The molecule has 130 valence electrons. The third-order valence-electron chi connectivity index (χ3n) is 3.68. The Balaban J connectivity index is 1.91. The van der Waals surface area contributed by atoms with Crippen molar-refractivity contribution >= 4 is 18.1 Å². The Bertz CT molecular complexity index is 523. The lowest BCUT2D eigenvalue weighted by Gasteiger charge is -2.21. The summed E-state index contributed by atoms with van der Waals surface area (Å²) in [6.45, 7) is 4.65. The first-order valence-electron chi connectivity index (χ1n) is 8.16. The molecule has 5 heteroatoms. The maximum Gasteiger partial charge on any atom is 0.207 e. The van der Waals surface area contributed by atoms with Gasteiger partial charge < -0.3 is 14.6 Å². The summed E-state index contributed by atoms with van der Waals surface area (Å²) >= 11 is 0. The molecule has 0 fully saturated rings. The average Bonchev–Trinajstić information content (AvgIpc) is 2.65. The molecule has 4 nitrogen and oxygen atoms in total. The molecule has 1 N–H and O–H groups in total. The zero-order valence-electron chi connectivity index (χ0n) is 14.1. The zero-order valence-corrected chi connectivity index (χ0v) is 15.0. The summed E-state index contributed by atoms with van der Waals surface area (Å²) in [6, 6.07) is 20.8. The van der Waals surface area contributed by atoms with Gasteiger partial charge in [-0.05, 0) is 24.3 Å². The highest BCUT2D eigenvalue weighted by atomic mass is 31.2. The van der Waals surface area contributed by atoms with Crippen LogP contribution in [0.1, 0.15) is 0 Å². The van der Waals surface area contributed by atoms with Crippen LogP contribution in [0.5, 0.6) is 0 Å². The lowest BCUT2D eigenvalue weighted by Crippen LogP contribution is -2.24. The fourth-order valence-electron chi connectivity index (χ4n) is 2.39. The molecular weight excluding hydrogens is 323 g/mol. The molecule has 0 saturated carbocycles. The highest BCUT2D eigenvalue weighted by Crippen LogP contribution is 2.53. The Morgan fingerprint density at radius 3 is 1.67 bits per heavy atom. The van der Waals surface area contributed by atoms with Crippen molar-refractivity contribution in [3.8, 4) is 0 Å². The first-order valence-corrected chi connectivity index (χ1v) is 10.3. The van der Waals surface area contributed by atoms with Crippen molar-refractivity contribution in [1.29, 1.82) is 0 Å². The lowest BCUT2D eigenvalue weighted by atomic mass is 10.4. The summed E-state index contributed by atoms with van der Waals surface area (Å²) in [7, 11) is -1.88. The summed E-state index contributed by atoms with van der Waals surface area (Å²) in [5.74, 6) is 0. The van der Waals surface area contributed by atoms with Gasteiger partial charge in [0.25, 0.3) is 0 Å². The van der Waals surface area contributed by atoms with Crippen molar-refractivity contribution in [3.05, 3.63) is 60.7 Å². The van der Waals surface area contributed by atoms with Crippen molar-refractivity contribution < 1.29 is 19.1 Å². The fourth-order valence-corrected chi connectivity index (χ4v) is 4.91. The molecule has 0 radical (unpaired) electrons. The molecule has 0 aliphatic carbocycles. The van der Waals surface area contributed by atoms with Gasteiger partial charge in [0.15, 0.2) is 0 Å². The van der Waals surface area contributed by atoms with Crippen LogP contribution in [0.3, 0.4) is 0 Å². The molecule has 0 amide bonds. The van der Waals surface area contributed by atoms with Crippen LogP contribution >= 0.6 is 7.49 Å². The van der Waals surface area contributed by atoms with Gasteiger partial charge in [-0.3, -0.25) is 0 Å². The molecule has 24 heavy (non-hydrogen) atoms. The standard InChI is InChI=1S/C19H26O4P/c1-24(18-8-4-2-5-9-18,19-10-6-3-7-11-19)23-17-16-22-15-14-21-13-12-20/h2-11,20H,12-17H2,1H3/q+1. The molecule has 0 unspecified atom stereocenters. The molecule has 0 saturated heterocycles. The van der Waals surface area contributed by atoms with Crippen LogP contribution in [0.2, 0.25) is 0 Å². The van der Waals surface area contributed by atoms with Crippen LogP contribution in [0, 0.1) is 0 Å². The highest BCUT2D eigenvalue weighted by Gasteiger charge is 2.39. The van der Waals surface area contributed by atoms with Crippen LogP contribution in [0.4, 0.5) is 0 Å². The van der Waals surface area contributed by atoms with E-state index in [1.807, 2.05) is 12.1 Å². The average molecular weight is 349 g/mol. The van der Waals surface area contributed by atoms with Crippen molar-refractivity contribution in [2.24, 2.45) is 0 Å². The van der Waals surface area contributed by atoms with Crippen molar-refractivity contribution in [3.63, 3.8) is 0 Å². The molecule has 0 heterocycles. The van der Waals surface area contributed by atoms with Crippen molar-refractivity contribution in [2.45, 2.75) is 0 Å². The maximum atomic E-state index is 8.63. The predicted molar refractivity (Wildman–Crippen MR) is 99.7 cm³/mol. The van der Waals surface area contributed by atoms with E-state index in [1.165, 1.54) is 10.6 Å². The van der Waals surface area contributed by atoms with E-state index >= 15 is 0 Å². The summed E-state index contributed by atoms with van der Waals surface area (Å²) in [6.07, 6.45) is 0. The summed E-state index contributed by atoms with van der Waals surface area (Å²) in [4.78, 5) is 0. The Labute approximate surface area is 144 Å². The predicted octanol–water partition coefficient (Wildman–Crippen LogP) is 2.24. The third-order valence-corrected chi connectivity index (χ3v) is 6.95. The van der Waals surface area contributed by atoms with E-state index in [1.54, 1.807) is 0 Å². The maximum absolute atomic E-state index is 8.63. The SMILES string of the molecule is C[P+](OCCOCCOCCO)(c1ccccc1)c1ccccc1. The summed E-state index contributed by atoms with van der Waals surface area (Å²) < 4.78 is 17.0. The Morgan fingerprint density at radius 1 is 0.708 bits per heavy atom. The second-order valence-electron chi connectivity index (χ2n) is 5.38. The quantitative estimate of drug-likeness (QED) is 0.499. The minimum atomic E-state index is -1.88. The second-order valence-corrected chi connectivity index (χ2v) is 8.52. The van der Waals surface area contributed by atoms with Gasteiger partial charge in [0, 0.05) is 0 Å². The molecule has 0 aliphatic heterocycles. The number of hydrogen-bond acceptors (Lipinski definition) is 4. The summed E-state index contributed by atoms with van der Waals surface area (Å²) in [5.41, 5.74) is 0. The molecule has 0 bridgehead atoms. The van der Waals surface area contributed by atoms with E-state index in [0.717, 1.165) is 0 Å². The smallest absolute Gasteiger partial charge is 0.207 e. The van der Waals surface area contributed by atoms with Gasteiger partial charge in [-0.1, -0.05) is 36.4 Å². The molecule has 2 rings (SSSR count). The van der Waals surface area contributed by atoms with Gasteiger partial charge in [0.1, 0.15) is 17.2 Å². The van der Waals surface area contributed by atoms with Crippen molar-refractivity contribution in [1.82, 2.24) is 0 Å². The molecule has 2 aromatic carbocycles.